The van der Waals surface area contributed by atoms with E-state index in [0.29, 0.717) is 32.1 Å². The van der Waals surface area contributed by atoms with Crippen molar-refractivity contribution in [1.29, 1.82) is 0 Å². The molecule has 0 bridgehead atoms. The van der Waals surface area contributed by atoms with Gasteiger partial charge >= 0.3 is 39.5 Å². The minimum absolute atomic E-state index is 0.0783. The van der Waals surface area contributed by atoms with Gasteiger partial charge in [0.2, 0.25) is 0 Å². The first-order chi connectivity index (χ1) is 49.7. The summed E-state index contributed by atoms with van der Waals surface area (Å²) >= 11 is 0. The average molecular weight is 1480 g/mol. The van der Waals surface area contributed by atoms with Gasteiger partial charge in [0.05, 0.1) is 26.4 Å². The molecule has 0 amide bonds. The Kier molecular flexibility index (Phi) is 72.7. The maximum absolute atomic E-state index is 13.1. The molecule has 19 heteroatoms. The zero-order chi connectivity index (χ0) is 74.6. The van der Waals surface area contributed by atoms with Gasteiger partial charge in [-0.2, -0.15) is 0 Å². The zero-order valence-corrected chi connectivity index (χ0v) is 66.6. The Bertz CT molecular complexity index is 2260. The summed E-state index contributed by atoms with van der Waals surface area (Å²) in [7, 11) is -9.97. The normalized spacial score (nSPS) is 14.3. The van der Waals surface area contributed by atoms with E-state index in [9.17, 15) is 43.2 Å². The number of carbonyl (C=O) groups excluding carboxylic acids is 4. The van der Waals surface area contributed by atoms with Crippen molar-refractivity contribution in [2.24, 2.45) is 0 Å². The first-order valence-electron chi connectivity index (χ1n) is 40.8. The van der Waals surface area contributed by atoms with Crippen LogP contribution in [-0.4, -0.2) is 96.7 Å². The first kappa shape index (κ1) is 98.2. The molecule has 102 heavy (non-hydrogen) atoms. The molecule has 0 aromatic carbocycles. The molecule has 0 rings (SSSR count). The number of unbranched alkanes of at least 4 members (excludes halogenated alkanes) is 37. The Morgan fingerprint density at radius 1 is 0.275 bits per heavy atom. The van der Waals surface area contributed by atoms with Gasteiger partial charge in [0, 0.05) is 25.7 Å². The number of aliphatic hydroxyl groups excluding tert-OH is 1. The molecule has 0 spiro atoms. The molecule has 0 aliphatic carbocycles. The fourth-order valence-corrected chi connectivity index (χ4v) is 12.6. The number of carbonyl (C=O) groups is 4. The monoisotopic (exact) mass is 1480 g/mol. The molecule has 2 unspecified atom stereocenters. The Hall–Kier alpha value is -3.76. The third kappa shape index (κ3) is 74.5. The predicted octanol–water partition coefficient (Wildman–Crippen LogP) is 23.8. The highest BCUT2D eigenvalue weighted by atomic mass is 31.2. The summed E-state index contributed by atoms with van der Waals surface area (Å²) in [6.07, 6.45) is 78.4. The highest BCUT2D eigenvalue weighted by molar-refractivity contribution is 7.47. The summed E-state index contributed by atoms with van der Waals surface area (Å²) in [5, 5.41) is 10.6. The number of ether oxygens (including phenoxy) is 4. The maximum Gasteiger partial charge on any atom is 0.472 e. The SMILES string of the molecule is CCCCC/C=C\C/C=C\C/C=C\C/C=C\CCCC(=O)OC[C@H](COP(=O)(O)OC[C@H](O)COP(=O)(O)OC[C@@H](COC(=O)CCCCCCC/C=C\CCCCCCCC)OC(=O)CCCCCCC/C=C\C/C=C\CCCCC)OC(=O)CCCCCCCCCCCCCCCCC. The number of phosphoric acid groups is 2. The van der Waals surface area contributed by atoms with E-state index in [1.807, 2.05) is 12.2 Å². The summed E-state index contributed by atoms with van der Waals surface area (Å²) in [5.41, 5.74) is 0. The van der Waals surface area contributed by atoms with Crippen molar-refractivity contribution in [3.63, 3.8) is 0 Å². The van der Waals surface area contributed by atoms with Crippen LogP contribution in [0.25, 0.3) is 0 Å². The summed E-state index contributed by atoms with van der Waals surface area (Å²) in [6, 6.07) is 0. The fourth-order valence-electron chi connectivity index (χ4n) is 11.1. The molecule has 17 nitrogen and oxygen atoms in total. The smallest absolute Gasteiger partial charge is 0.462 e. The second-order valence-electron chi connectivity index (χ2n) is 27.4. The molecule has 0 aromatic heterocycles. The average Bonchev–Trinajstić information content (AvgIpc) is 0.923. The van der Waals surface area contributed by atoms with Gasteiger partial charge in [0.1, 0.15) is 19.3 Å². The molecule has 0 saturated carbocycles. The topological polar surface area (TPSA) is 237 Å². The van der Waals surface area contributed by atoms with Crippen LogP contribution in [0.1, 0.15) is 362 Å². The van der Waals surface area contributed by atoms with Gasteiger partial charge in [0.25, 0.3) is 0 Å². The van der Waals surface area contributed by atoms with Crippen LogP contribution in [0.4, 0.5) is 0 Å². The van der Waals surface area contributed by atoms with E-state index in [0.717, 1.165) is 135 Å². The standard InChI is InChI=1S/C83H148O17P2/c1-5-9-13-17-21-25-29-33-37-38-42-44-48-52-56-60-64-68-81(86)94-74-79(100-83(88)70-66-62-58-54-50-46-41-36-32-28-24-20-16-12-8-4)76-98-102(91,92)96-72-77(84)71-95-101(89,90)97-75-78(99-82(87)69-65-61-57-53-49-45-40-35-31-27-23-19-15-11-7-3)73-93-80(85)67-63-59-55-51-47-43-39-34-30-26-22-18-14-10-6-2/h21,23,25,27,33-35,37,39-40,42,44,52,56,77-79,84H,5-20,22,24,26,28-32,36,38,41,43,45-51,53-55,57-76H2,1-4H3,(H,89,90)(H,91,92)/b25-21-,27-23-,37-33-,39-34-,40-35-,44-42-,56-52-/t77-,78-,79-/m1/s1. The van der Waals surface area contributed by atoms with Gasteiger partial charge in [-0.3, -0.25) is 37.3 Å². The molecule has 5 atom stereocenters. The van der Waals surface area contributed by atoms with Gasteiger partial charge in [-0.15, -0.1) is 0 Å². The number of rotatable bonds is 77. The fraction of sp³-hybridized carbons (Fsp3) is 0.783. The van der Waals surface area contributed by atoms with E-state index in [2.05, 4.69) is 101 Å². The summed E-state index contributed by atoms with van der Waals surface area (Å²) < 4.78 is 68.6. The van der Waals surface area contributed by atoms with Gasteiger partial charge in [-0.25, -0.2) is 9.13 Å². The van der Waals surface area contributed by atoms with E-state index >= 15 is 0 Å². The molecule has 0 fully saturated rings. The van der Waals surface area contributed by atoms with Crippen LogP contribution in [-0.2, 0) is 65.4 Å². The number of aliphatic hydroxyl groups is 1. The van der Waals surface area contributed by atoms with Gasteiger partial charge in [0.15, 0.2) is 12.2 Å². The van der Waals surface area contributed by atoms with E-state index in [4.69, 9.17) is 37.0 Å². The third-order valence-electron chi connectivity index (χ3n) is 17.3. The lowest BCUT2D eigenvalue weighted by Crippen LogP contribution is -2.30. The van der Waals surface area contributed by atoms with E-state index in [1.54, 1.807) is 0 Å². The molecule has 0 aliphatic rings. The molecular formula is C83H148O17P2. The lowest BCUT2D eigenvalue weighted by atomic mass is 10.0. The van der Waals surface area contributed by atoms with E-state index in [-0.39, 0.29) is 25.7 Å². The van der Waals surface area contributed by atoms with Crippen LogP contribution in [0.5, 0.6) is 0 Å². The molecule has 0 aromatic rings. The van der Waals surface area contributed by atoms with Crippen LogP contribution in [0.15, 0.2) is 85.1 Å². The van der Waals surface area contributed by atoms with Crippen molar-refractivity contribution in [3.05, 3.63) is 85.1 Å². The van der Waals surface area contributed by atoms with Gasteiger partial charge < -0.3 is 33.8 Å². The Morgan fingerprint density at radius 3 is 0.804 bits per heavy atom. The van der Waals surface area contributed by atoms with Crippen molar-refractivity contribution in [2.75, 3.05) is 39.6 Å². The van der Waals surface area contributed by atoms with E-state index < -0.39 is 97.5 Å². The van der Waals surface area contributed by atoms with Crippen molar-refractivity contribution in [2.45, 2.75) is 380 Å². The Morgan fingerprint density at radius 2 is 0.490 bits per heavy atom. The van der Waals surface area contributed by atoms with Crippen molar-refractivity contribution >= 4 is 39.5 Å². The van der Waals surface area contributed by atoms with Crippen molar-refractivity contribution in [3.8, 4) is 0 Å². The Labute approximate surface area is 621 Å². The first-order valence-corrected chi connectivity index (χ1v) is 43.8. The molecule has 0 aliphatic heterocycles. The van der Waals surface area contributed by atoms with Crippen LogP contribution in [0.2, 0.25) is 0 Å². The van der Waals surface area contributed by atoms with Crippen molar-refractivity contribution < 1.29 is 80.2 Å². The summed E-state index contributed by atoms with van der Waals surface area (Å²) in [5.74, 6) is -2.24. The van der Waals surface area contributed by atoms with Crippen molar-refractivity contribution in [1.82, 2.24) is 0 Å². The minimum Gasteiger partial charge on any atom is -0.462 e. The maximum atomic E-state index is 13.1. The van der Waals surface area contributed by atoms with Crippen LogP contribution >= 0.6 is 15.6 Å². The molecule has 3 N–H and O–H groups in total. The predicted molar refractivity (Wildman–Crippen MR) is 418 cm³/mol. The van der Waals surface area contributed by atoms with Crippen LogP contribution in [0, 0.1) is 0 Å². The number of esters is 4. The number of hydrogen-bond donors (Lipinski definition) is 3. The molecule has 592 valence electrons. The summed E-state index contributed by atoms with van der Waals surface area (Å²) in [6.45, 7) is 4.79. The lowest BCUT2D eigenvalue weighted by Gasteiger charge is -2.21. The second-order valence-corrected chi connectivity index (χ2v) is 30.3. The quantitative estimate of drug-likeness (QED) is 0.0169. The lowest BCUT2D eigenvalue weighted by molar-refractivity contribution is -0.161. The third-order valence-corrected chi connectivity index (χ3v) is 19.2. The van der Waals surface area contributed by atoms with Crippen LogP contribution < -0.4 is 0 Å². The van der Waals surface area contributed by atoms with E-state index in [1.165, 1.54) is 141 Å². The molecule has 0 radical (unpaired) electrons. The molecule has 0 heterocycles. The number of hydrogen-bond acceptors (Lipinski definition) is 15. The largest absolute Gasteiger partial charge is 0.472 e. The van der Waals surface area contributed by atoms with Crippen LogP contribution in [0.3, 0.4) is 0 Å². The molecular weight excluding hydrogens is 1330 g/mol. The number of phosphoric ester groups is 2. The van der Waals surface area contributed by atoms with Gasteiger partial charge in [-0.05, 0) is 122 Å². The number of allylic oxidation sites excluding steroid dienone is 14. The molecule has 0 saturated heterocycles. The highest BCUT2D eigenvalue weighted by Crippen LogP contribution is 2.45. The minimum atomic E-state index is -4.99. The Balaban J connectivity index is 5.40. The summed E-state index contributed by atoms with van der Waals surface area (Å²) in [4.78, 5) is 73.0. The second kappa shape index (κ2) is 75.5. The van der Waals surface area contributed by atoms with Gasteiger partial charge in [-0.1, -0.05) is 299 Å². The zero-order valence-electron chi connectivity index (χ0n) is 64.8. The highest BCUT2D eigenvalue weighted by Gasteiger charge is 2.30.